The normalized spacial score (nSPS) is 10.3. The molecule has 0 radical (unpaired) electrons. The van der Waals surface area contributed by atoms with Crippen molar-refractivity contribution in [1.82, 2.24) is 9.78 Å². The highest BCUT2D eigenvalue weighted by atomic mass is 16.5. The van der Waals surface area contributed by atoms with E-state index in [9.17, 15) is 4.79 Å². The first kappa shape index (κ1) is 14.8. The molecule has 0 saturated heterocycles. The van der Waals surface area contributed by atoms with E-state index in [2.05, 4.69) is 10.4 Å². The van der Waals surface area contributed by atoms with Crippen molar-refractivity contribution in [3.05, 3.63) is 72.6 Å². The monoisotopic (exact) mass is 307 g/mol. The zero-order valence-corrected chi connectivity index (χ0v) is 12.8. The van der Waals surface area contributed by atoms with E-state index in [1.807, 2.05) is 60.8 Å². The summed E-state index contributed by atoms with van der Waals surface area (Å²) in [6.45, 7) is 1.90. The molecule has 0 bridgehead atoms. The van der Waals surface area contributed by atoms with Crippen molar-refractivity contribution in [2.24, 2.45) is 0 Å². The van der Waals surface area contributed by atoms with Gasteiger partial charge in [-0.1, -0.05) is 24.3 Å². The van der Waals surface area contributed by atoms with Crippen molar-refractivity contribution in [3.8, 4) is 11.4 Å². The summed E-state index contributed by atoms with van der Waals surface area (Å²) in [5.41, 5.74) is 2.71. The summed E-state index contributed by atoms with van der Waals surface area (Å²) in [4.78, 5) is 11.2. The largest absolute Gasteiger partial charge is 0.487 e. The third-order valence-corrected chi connectivity index (χ3v) is 3.30. The van der Waals surface area contributed by atoms with E-state index in [-0.39, 0.29) is 5.91 Å². The standard InChI is InChI=1S/C18H17N3O2/c1-14(22)20-17-5-2-3-6-18(17)23-13-15-7-9-16(10-8-15)21-12-4-11-19-21/h2-12H,13H2,1H3,(H,20,22). The van der Waals surface area contributed by atoms with Crippen LogP contribution in [0.25, 0.3) is 5.69 Å². The van der Waals surface area contributed by atoms with Crippen molar-refractivity contribution in [1.29, 1.82) is 0 Å². The predicted octanol–water partition coefficient (Wildman–Crippen LogP) is 3.41. The van der Waals surface area contributed by atoms with Crippen LogP contribution in [0.15, 0.2) is 67.0 Å². The van der Waals surface area contributed by atoms with Gasteiger partial charge >= 0.3 is 0 Å². The maximum Gasteiger partial charge on any atom is 0.221 e. The lowest BCUT2D eigenvalue weighted by Gasteiger charge is -2.12. The maximum absolute atomic E-state index is 11.2. The Hall–Kier alpha value is -3.08. The second-order valence-electron chi connectivity index (χ2n) is 5.08. The number of nitrogens with one attached hydrogen (secondary N) is 1. The number of carbonyl (C=O) groups is 1. The molecule has 0 unspecified atom stereocenters. The first-order valence-electron chi connectivity index (χ1n) is 7.31. The van der Waals surface area contributed by atoms with E-state index >= 15 is 0 Å². The van der Waals surface area contributed by atoms with Crippen LogP contribution in [0.1, 0.15) is 12.5 Å². The van der Waals surface area contributed by atoms with Crippen LogP contribution in [-0.2, 0) is 11.4 Å². The fraction of sp³-hybridized carbons (Fsp3) is 0.111. The van der Waals surface area contributed by atoms with Crippen LogP contribution in [0.3, 0.4) is 0 Å². The molecule has 1 aromatic heterocycles. The maximum atomic E-state index is 11.2. The molecule has 2 aromatic carbocycles. The Morgan fingerprint density at radius 1 is 1.13 bits per heavy atom. The summed E-state index contributed by atoms with van der Waals surface area (Å²) >= 11 is 0. The predicted molar refractivity (Wildman–Crippen MR) is 88.6 cm³/mol. The van der Waals surface area contributed by atoms with Crippen LogP contribution in [0.4, 0.5) is 5.69 Å². The molecular formula is C18H17N3O2. The topological polar surface area (TPSA) is 56.1 Å². The number of hydrogen-bond acceptors (Lipinski definition) is 3. The fourth-order valence-corrected chi connectivity index (χ4v) is 2.21. The van der Waals surface area contributed by atoms with Crippen LogP contribution in [0.5, 0.6) is 5.75 Å². The van der Waals surface area contributed by atoms with Gasteiger partial charge < -0.3 is 10.1 Å². The van der Waals surface area contributed by atoms with E-state index in [1.54, 1.807) is 10.9 Å². The number of ether oxygens (including phenoxy) is 1. The Labute approximate surface area is 134 Å². The highest BCUT2D eigenvalue weighted by molar-refractivity contribution is 5.90. The summed E-state index contributed by atoms with van der Waals surface area (Å²) in [5.74, 6) is 0.531. The second-order valence-corrected chi connectivity index (χ2v) is 5.08. The zero-order valence-electron chi connectivity index (χ0n) is 12.8. The van der Waals surface area contributed by atoms with Gasteiger partial charge in [0.25, 0.3) is 0 Å². The summed E-state index contributed by atoms with van der Waals surface area (Å²) in [5, 5.41) is 6.96. The Bertz CT molecular complexity index is 780. The highest BCUT2D eigenvalue weighted by Gasteiger charge is 2.05. The van der Waals surface area contributed by atoms with Crippen molar-refractivity contribution in [2.75, 3.05) is 5.32 Å². The molecule has 3 rings (SSSR count). The molecular weight excluding hydrogens is 290 g/mol. The van der Waals surface area contributed by atoms with Gasteiger partial charge in [0.05, 0.1) is 11.4 Å². The Kier molecular flexibility index (Phi) is 4.38. The number of anilines is 1. The molecule has 23 heavy (non-hydrogen) atoms. The summed E-state index contributed by atoms with van der Waals surface area (Å²) in [6, 6.07) is 17.3. The molecule has 3 aromatic rings. The molecule has 0 spiro atoms. The average Bonchev–Trinajstić information content (AvgIpc) is 3.08. The van der Waals surface area contributed by atoms with Gasteiger partial charge in [0.15, 0.2) is 0 Å². The smallest absolute Gasteiger partial charge is 0.221 e. The van der Waals surface area contributed by atoms with Crippen molar-refractivity contribution < 1.29 is 9.53 Å². The molecule has 0 aliphatic carbocycles. The minimum atomic E-state index is -0.121. The van der Waals surface area contributed by atoms with Gasteiger partial charge in [-0.3, -0.25) is 4.79 Å². The van der Waals surface area contributed by atoms with Crippen LogP contribution in [-0.4, -0.2) is 15.7 Å². The van der Waals surface area contributed by atoms with Gasteiger partial charge in [0.2, 0.25) is 5.91 Å². The molecule has 0 fully saturated rings. The van der Waals surface area contributed by atoms with Crippen molar-refractivity contribution >= 4 is 11.6 Å². The van der Waals surface area contributed by atoms with E-state index in [0.717, 1.165) is 11.3 Å². The van der Waals surface area contributed by atoms with Gasteiger partial charge in [0, 0.05) is 19.3 Å². The lowest BCUT2D eigenvalue weighted by atomic mass is 10.2. The molecule has 1 amide bonds. The number of benzene rings is 2. The lowest BCUT2D eigenvalue weighted by molar-refractivity contribution is -0.114. The molecule has 1 heterocycles. The Morgan fingerprint density at radius 3 is 2.61 bits per heavy atom. The van der Waals surface area contributed by atoms with E-state index in [1.165, 1.54) is 6.92 Å². The number of hydrogen-bond donors (Lipinski definition) is 1. The van der Waals surface area contributed by atoms with Gasteiger partial charge in [0.1, 0.15) is 12.4 Å². The Morgan fingerprint density at radius 2 is 1.91 bits per heavy atom. The third-order valence-electron chi connectivity index (χ3n) is 3.30. The van der Waals surface area contributed by atoms with E-state index in [4.69, 9.17) is 4.74 Å². The van der Waals surface area contributed by atoms with Gasteiger partial charge in [-0.25, -0.2) is 4.68 Å². The number of rotatable bonds is 5. The van der Waals surface area contributed by atoms with Crippen molar-refractivity contribution in [2.45, 2.75) is 13.5 Å². The molecule has 0 atom stereocenters. The minimum absolute atomic E-state index is 0.121. The van der Waals surface area contributed by atoms with E-state index in [0.29, 0.717) is 18.0 Å². The molecule has 5 heteroatoms. The number of nitrogens with zero attached hydrogens (tertiary/aromatic N) is 2. The zero-order chi connectivity index (χ0) is 16.1. The first-order chi connectivity index (χ1) is 11.2. The van der Waals surface area contributed by atoms with Crippen LogP contribution in [0.2, 0.25) is 0 Å². The van der Waals surface area contributed by atoms with Gasteiger partial charge in [-0.05, 0) is 35.9 Å². The van der Waals surface area contributed by atoms with Crippen LogP contribution in [0, 0.1) is 0 Å². The highest BCUT2D eigenvalue weighted by Crippen LogP contribution is 2.24. The number of aromatic nitrogens is 2. The van der Waals surface area contributed by atoms with Crippen molar-refractivity contribution in [3.63, 3.8) is 0 Å². The first-order valence-corrected chi connectivity index (χ1v) is 7.31. The summed E-state index contributed by atoms with van der Waals surface area (Å²) < 4.78 is 7.62. The number of amides is 1. The second kappa shape index (κ2) is 6.79. The van der Waals surface area contributed by atoms with Crippen LogP contribution < -0.4 is 10.1 Å². The molecule has 116 valence electrons. The molecule has 0 aliphatic heterocycles. The molecule has 0 saturated carbocycles. The third kappa shape index (κ3) is 3.77. The minimum Gasteiger partial charge on any atom is -0.487 e. The lowest BCUT2D eigenvalue weighted by Crippen LogP contribution is -2.07. The fourth-order valence-electron chi connectivity index (χ4n) is 2.21. The van der Waals surface area contributed by atoms with Gasteiger partial charge in [-0.15, -0.1) is 0 Å². The van der Waals surface area contributed by atoms with Gasteiger partial charge in [-0.2, -0.15) is 5.10 Å². The molecule has 0 aliphatic rings. The average molecular weight is 307 g/mol. The Balaban J connectivity index is 1.68. The number of para-hydroxylation sites is 2. The summed E-state index contributed by atoms with van der Waals surface area (Å²) in [7, 11) is 0. The SMILES string of the molecule is CC(=O)Nc1ccccc1OCc1ccc(-n2cccn2)cc1. The summed E-state index contributed by atoms with van der Waals surface area (Å²) in [6.07, 6.45) is 3.64. The number of carbonyl (C=O) groups excluding carboxylic acids is 1. The molecule has 5 nitrogen and oxygen atoms in total. The quantitative estimate of drug-likeness (QED) is 0.786. The molecule has 1 N–H and O–H groups in total. The van der Waals surface area contributed by atoms with E-state index < -0.39 is 0 Å². The van der Waals surface area contributed by atoms with Crippen LogP contribution >= 0.6 is 0 Å².